The van der Waals surface area contributed by atoms with Crippen molar-refractivity contribution in [1.29, 1.82) is 0 Å². The molecule has 2 aromatic carbocycles. The summed E-state index contributed by atoms with van der Waals surface area (Å²) in [5, 5.41) is 6.31. The van der Waals surface area contributed by atoms with Crippen molar-refractivity contribution in [3.05, 3.63) is 64.8 Å². The van der Waals surface area contributed by atoms with Gasteiger partial charge in [0.15, 0.2) is 5.11 Å². The Balaban J connectivity index is 1.62. The predicted molar refractivity (Wildman–Crippen MR) is 128 cm³/mol. The lowest BCUT2D eigenvalue weighted by Gasteiger charge is -2.34. The van der Waals surface area contributed by atoms with Crippen LogP contribution in [0.1, 0.15) is 49.7 Å². The Morgan fingerprint density at radius 2 is 1.86 bits per heavy atom. The SMILES string of the molecule is Cc1c(Cl)cccc1NC(=S)N(Cc1c[nH]c2ccccc12)C1CCCCCC1. The summed E-state index contributed by atoms with van der Waals surface area (Å²) in [6.07, 6.45) is 9.71. The minimum absolute atomic E-state index is 0.464. The fourth-order valence-corrected chi connectivity index (χ4v) is 4.81. The van der Waals surface area contributed by atoms with Crippen molar-refractivity contribution in [2.75, 3.05) is 5.32 Å². The van der Waals surface area contributed by atoms with E-state index in [9.17, 15) is 0 Å². The van der Waals surface area contributed by atoms with E-state index in [2.05, 4.69) is 45.7 Å². The molecule has 1 fully saturated rings. The Kier molecular flexibility index (Phi) is 6.41. The molecule has 4 rings (SSSR count). The summed E-state index contributed by atoms with van der Waals surface area (Å²) in [6, 6.07) is 14.9. The molecule has 1 aliphatic carbocycles. The molecular formula is C24H28ClN3S. The van der Waals surface area contributed by atoms with Crippen LogP contribution in [0.2, 0.25) is 5.02 Å². The third-order valence-corrected chi connectivity index (χ3v) is 6.80. The van der Waals surface area contributed by atoms with E-state index in [-0.39, 0.29) is 0 Å². The maximum absolute atomic E-state index is 6.33. The number of H-pyrrole nitrogens is 1. The standard InChI is InChI=1S/C24H28ClN3S/c1-17-21(25)12-8-14-22(17)27-24(29)28(19-9-4-2-3-5-10-19)16-18-15-26-23-13-7-6-11-20(18)23/h6-8,11-15,19,26H,2-5,9-10,16H2,1H3,(H,27,29). The van der Waals surface area contributed by atoms with Gasteiger partial charge in [0, 0.05) is 40.4 Å². The Hall–Kier alpha value is -2.04. The molecule has 0 radical (unpaired) electrons. The van der Waals surface area contributed by atoms with Gasteiger partial charge in [-0.3, -0.25) is 0 Å². The highest BCUT2D eigenvalue weighted by atomic mass is 35.5. The summed E-state index contributed by atoms with van der Waals surface area (Å²) >= 11 is 12.3. The van der Waals surface area contributed by atoms with Gasteiger partial charge >= 0.3 is 0 Å². The number of benzene rings is 2. The van der Waals surface area contributed by atoms with Crippen molar-refractivity contribution in [3.63, 3.8) is 0 Å². The van der Waals surface area contributed by atoms with E-state index in [4.69, 9.17) is 23.8 Å². The van der Waals surface area contributed by atoms with Crippen LogP contribution in [0, 0.1) is 6.92 Å². The second kappa shape index (κ2) is 9.19. The van der Waals surface area contributed by atoms with Crippen LogP contribution in [-0.2, 0) is 6.54 Å². The highest BCUT2D eigenvalue weighted by Gasteiger charge is 2.24. The highest BCUT2D eigenvalue weighted by Crippen LogP contribution is 2.28. The van der Waals surface area contributed by atoms with Crippen LogP contribution < -0.4 is 5.32 Å². The van der Waals surface area contributed by atoms with Crippen LogP contribution in [0.3, 0.4) is 0 Å². The van der Waals surface area contributed by atoms with Gasteiger partial charge < -0.3 is 15.2 Å². The summed E-state index contributed by atoms with van der Waals surface area (Å²) in [4.78, 5) is 5.81. The number of rotatable bonds is 4. The largest absolute Gasteiger partial charge is 0.361 e. The van der Waals surface area contributed by atoms with E-state index in [1.165, 1.54) is 55.0 Å². The molecule has 1 aromatic heterocycles. The molecule has 0 saturated heterocycles. The number of halogens is 1. The van der Waals surface area contributed by atoms with Gasteiger partial charge in [-0.2, -0.15) is 0 Å². The Bertz CT molecular complexity index is 989. The quantitative estimate of drug-likeness (QED) is 0.346. The topological polar surface area (TPSA) is 31.1 Å². The molecule has 0 spiro atoms. The summed E-state index contributed by atoms with van der Waals surface area (Å²) in [7, 11) is 0. The van der Waals surface area contributed by atoms with Gasteiger partial charge in [-0.1, -0.05) is 61.5 Å². The van der Waals surface area contributed by atoms with E-state index in [0.29, 0.717) is 6.04 Å². The first kappa shape index (κ1) is 20.2. The summed E-state index contributed by atoms with van der Waals surface area (Å²) in [5.74, 6) is 0. The number of aromatic nitrogens is 1. The number of thiocarbonyl (C=S) groups is 1. The molecule has 0 aliphatic heterocycles. The number of nitrogens with zero attached hydrogens (tertiary/aromatic N) is 1. The number of hydrogen-bond acceptors (Lipinski definition) is 1. The average Bonchev–Trinajstić information content (AvgIpc) is 2.94. The molecule has 0 amide bonds. The second-order valence-electron chi connectivity index (χ2n) is 7.98. The lowest BCUT2D eigenvalue weighted by molar-refractivity contribution is 0.281. The fourth-order valence-electron chi connectivity index (χ4n) is 4.31. The molecule has 0 atom stereocenters. The maximum atomic E-state index is 6.33. The third-order valence-electron chi connectivity index (χ3n) is 6.05. The molecule has 1 heterocycles. The normalized spacial score (nSPS) is 15.2. The Labute approximate surface area is 183 Å². The number of aromatic amines is 1. The van der Waals surface area contributed by atoms with Crippen molar-refractivity contribution in [2.45, 2.75) is 58.0 Å². The summed E-state index contributed by atoms with van der Waals surface area (Å²) in [5.41, 5.74) is 4.48. The van der Waals surface area contributed by atoms with Crippen molar-refractivity contribution in [2.24, 2.45) is 0 Å². The van der Waals surface area contributed by atoms with Gasteiger partial charge in [0.05, 0.1) is 0 Å². The van der Waals surface area contributed by atoms with Crippen LogP contribution >= 0.6 is 23.8 Å². The average molecular weight is 426 g/mol. The van der Waals surface area contributed by atoms with Gasteiger partial charge in [-0.25, -0.2) is 0 Å². The third kappa shape index (κ3) is 4.59. The minimum atomic E-state index is 0.464. The van der Waals surface area contributed by atoms with Crippen LogP contribution in [0.4, 0.5) is 5.69 Å². The lowest BCUT2D eigenvalue weighted by Crippen LogP contribution is -2.42. The van der Waals surface area contributed by atoms with Crippen molar-refractivity contribution < 1.29 is 0 Å². The number of anilines is 1. The molecule has 3 aromatic rings. The van der Waals surface area contributed by atoms with Crippen molar-refractivity contribution in [1.82, 2.24) is 9.88 Å². The van der Waals surface area contributed by atoms with E-state index in [1.54, 1.807) is 0 Å². The molecule has 5 heteroatoms. The molecule has 3 nitrogen and oxygen atoms in total. The first-order valence-corrected chi connectivity index (χ1v) is 11.3. The van der Waals surface area contributed by atoms with Crippen molar-refractivity contribution in [3.8, 4) is 0 Å². The molecule has 0 bridgehead atoms. The van der Waals surface area contributed by atoms with Crippen LogP contribution in [0.25, 0.3) is 10.9 Å². The smallest absolute Gasteiger partial charge is 0.173 e. The monoisotopic (exact) mass is 425 g/mol. The molecule has 29 heavy (non-hydrogen) atoms. The van der Waals surface area contributed by atoms with Gasteiger partial charge in [-0.15, -0.1) is 0 Å². The van der Waals surface area contributed by atoms with E-state index >= 15 is 0 Å². The van der Waals surface area contributed by atoms with Gasteiger partial charge in [0.2, 0.25) is 0 Å². The zero-order valence-corrected chi connectivity index (χ0v) is 18.5. The van der Waals surface area contributed by atoms with Gasteiger partial charge in [-0.05, 0) is 61.3 Å². The van der Waals surface area contributed by atoms with Crippen LogP contribution in [0.5, 0.6) is 0 Å². The predicted octanol–water partition coefficient (Wildman–Crippen LogP) is 7.05. The first-order valence-electron chi connectivity index (χ1n) is 10.5. The first-order chi connectivity index (χ1) is 14.1. The zero-order valence-electron chi connectivity index (χ0n) is 16.9. The molecule has 2 N–H and O–H groups in total. The minimum Gasteiger partial charge on any atom is -0.361 e. The number of nitrogens with one attached hydrogen (secondary N) is 2. The summed E-state index contributed by atoms with van der Waals surface area (Å²) < 4.78 is 0. The van der Waals surface area contributed by atoms with E-state index in [0.717, 1.165) is 27.9 Å². The molecule has 0 unspecified atom stereocenters. The van der Waals surface area contributed by atoms with Crippen molar-refractivity contribution >= 4 is 45.5 Å². The Morgan fingerprint density at radius 3 is 2.66 bits per heavy atom. The van der Waals surface area contributed by atoms with Gasteiger partial charge in [0.25, 0.3) is 0 Å². The van der Waals surface area contributed by atoms with Crippen LogP contribution in [0.15, 0.2) is 48.7 Å². The van der Waals surface area contributed by atoms with Gasteiger partial charge in [0.1, 0.15) is 0 Å². The number of fused-ring (bicyclic) bond motifs is 1. The number of hydrogen-bond donors (Lipinski definition) is 2. The zero-order chi connectivity index (χ0) is 20.2. The second-order valence-corrected chi connectivity index (χ2v) is 8.77. The molecule has 1 saturated carbocycles. The molecule has 1 aliphatic rings. The van der Waals surface area contributed by atoms with E-state index in [1.807, 2.05) is 25.1 Å². The van der Waals surface area contributed by atoms with E-state index < -0.39 is 0 Å². The highest BCUT2D eigenvalue weighted by molar-refractivity contribution is 7.80. The Morgan fingerprint density at radius 1 is 1.10 bits per heavy atom. The molecular weight excluding hydrogens is 398 g/mol. The van der Waals surface area contributed by atoms with Crippen LogP contribution in [-0.4, -0.2) is 21.0 Å². The summed E-state index contributed by atoms with van der Waals surface area (Å²) in [6.45, 7) is 2.84. The lowest BCUT2D eigenvalue weighted by atomic mass is 10.1. The molecule has 152 valence electrons. The fraction of sp³-hybridized carbons (Fsp3) is 0.375. The number of para-hydroxylation sites is 1. The maximum Gasteiger partial charge on any atom is 0.173 e.